The molecule has 12 heteroatoms. The lowest BCUT2D eigenvalue weighted by atomic mass is 10.1. The van der Waals surface area contributed by atoms with Gasteiger partial charge in [-0.1, -0.05) is 18.2 Å². The molecule has 0 saturated heterocycles. The molecule has 1 heterocycles. The highest BCUT2D eigenvalue weighted by atomic mass is 19.1. The van der Waals surface area contributed by atoms with Crippen LogP contribution in [0.1, 0.15) is 5.56 Å². The first-order chi connectivity index (χ1) is 19.8. The van der Waals surface area contributed by atoms with E-state index in [1.165, 1.54) is 65.9 Å². The SMILES string of the molecule is COc1cc(OC)c2c(=O)c(OCC(=O)N/N=C/c3ccccc3F)c(-c3cc(OC)c(OC)c(OC)c3)oc2c1. The minimum absolute atomic E-state index is 0.0280. The van der Waals surface area contributed by atoms with Crippen LogP contribution >= 0.6 is 0 Å². The Labute approximate surface area is 234 Å². The standard InChI is InChI=1S/C29H27FN2O9/c1-35-18-12-20(36-2)25-21(13-18)41-27(17-10-22(37-3)28(39-5)23(11-17)38-4)29(26(25)34)40-15-24(33)32-31-14-16-8-6-7-9-19(16)30/h6-14H,15H2,1-5H3,(H,32,33)/b31-14+. The average molecular weight is 567 g/mol. The van der Waals surface area contributed by atoms with Crippen LogP contribution < -0.4 is 39.3 Å². The van der Waals surface area contributed by atoms with E-state index >= 15 is 0 Å². The Balaban J connectivity index is 1.78. The van der Waals surface area contributed by atoms with Crippen LogP contribution in [-0.2, 0) is 4.79 Å². The lowest BCUT2D eigenvalue weighted by Crippen LogP contribution is -2.26. The number of nitrogens with one attached hydrogen (secondary N) is 1. The molecule has 1 amide bonds. The number of carbonyl (C=O) groups is 1. The first-order valence-corrected chi connectivity index (χ1v) is 12.1. The predicted octanol–water partition coefficient (Wildman–Crippen LogP) is 4.17. The number of amides is 1. The number of ether oxygens (including phenoxy) is 6. The topological polar surface area (TPSA) is 127 Å². The third-order valence-electron chi connectivity index (χ3n) is 5.92. The van der Waals surface area contributed by atoms with Crippen molar-refractivity contribution < 1.29 is 42.0 Å². The Bertz CT molecular complexity index is 1640. The highest BCUT2D eigenvalue weighted by molar-refractivity contribution is 5.89. The molecule has 0 spiro atoms. The van der Waals surface area contributed by atoms with Gasteiger partial charge in [-0.05, 0) is 18.2 Å². The zero-order chi connectivity index (χ0) is 29.5. The number of hydrogen-bond donors (Lipinski definition) is 1. The van der Waals surface area contributed by atoms with E-state index in [1.807, 2.05) is 0 Å². The maximum Gasteiger partial charge on any atom is 0.277 e. The maximum absolute atomic E-state index is 13.8. The predicted molar refractivity (Wildman–Crippen MR) is 148 cm³/mol. The van der Waals surface area contributed by atoms with Crippen molar-refractivity contribution in [2.75, 3.05) is 42.2 Å². The van der Waals surface area contributed by atoms with Crippen molar-refractivity contribution in [2.24, 2.45) is 5.10 Å². The quantitative estimate of drug-likeness (QED) is 0.210. The van der Waals surface area contributed by atoms with Crippen molar-refractivity contribution in [2.45, 2.75) is 0 Å². The molecule has 0 fully saturated rings. The number of fused-ring (bicyclic) bond motifs is 1. The van der Waals surface area contributed by atoms with Crippen LogP contribution in [0.3, 0.4) is 0 Å². The summed E-state index contributed by atoms with van der Waals surface area (Å²) < 4.78 is 52.7. The second-order valence-corrected chi connectivity index (χ2v) is 8.31. The lowest BCUT2D eigenvalue weighted by Gasteiger charge is -2.16. The fraction of sp³-hybridized carbons (Fsp3) is 0.207. The van der Waals surface area contributed by atoms with E-state index in [0.717, 1.165) is 6.21 Å². The van der Waals surface area contributed by atoms with Crippen molar-refractivity contribution in [3.8, 4) is 45.8 Å². The van der Waals surface area contributed by atoms with E-state index in [9.17, 15) is 14.0 Å². The molecule has 0 aliphatic rings. The summed E-state index contributed by atoms with van der Waals surface area (Å²) >= 11 is 0. The lowest BCUT2D eigenvalue weighted by molar-refractivity contribution is -0.123. The Hall–Kier alpha value is -5.26. The smallest absolute Gasteiger partial charge is 0.277 e. The highest BCUT2D eigenvalue weighted by Gasteiger charge is 2.24. The third-order valence-corrected chi connectivity index (χ3v) is 5.92. The van der Waals surface area contributed by atoms with E-state index < -0.39 is 23.8 Å². The van der Waals surface area contributed by atoms with Gasteiger partial charge in [-0.15, -0.1) is 0 Å². The van der Waals surface area contributed by atoms with Crippen LogP contribution in [0.2, 0.25) is 0 Å². The molecule has 4 rings (SSSR count). The summed E-state index contributed by atoms with van der Waals surface area (Å²) in [5.41, 5.74) is 2.27. The summed E-state index contributed by atoms with van der Waals surface area (Å²) in [6.07, 6.45) is 1.15. The van der Waals surface area contributed by atoms with E-state index in [1.54, 1.807) is 18.2 Å². The number of nitrogens with zero attached hydrogens (tertiary/aromatic N) is 1. The second kappa shape index (κ2) is 12.7. The first-order valence-electron chi connectivity index (χ1n) is 12.1. The van der Waals surface area contributed by atoms with E-state index in [4.69, 9.17) is 32.8 Å². The second-order valence-electron chi connectivity index (χ2n) is 8.31. The van der Waals surface area contributed by atoms with Gasteiger partial charge in [0.2, 0.25) is 16.9 Å². The molecule has 41 heavy (non-hydrogen) atoms. The Kier molecular flexibility index (Phi) is 8.92. The van der Waals surface area contributed by atoms with Crippen LogP contribution in [0, 0.1) is 5.82 Å². The van der Waals surface area contributed by atoms with Crippen molar-refractivity contribution in [3.05, 3.63) is 70.1 Å². The Morgan fingerprint density at radius 3 is 2.20 bits per heavy atom. The number of hydrazone groups is 1. The molecule has 0 unspecified atom stereocenters. The molecule has 214 valence electrons. The zero-order valence-electron chi connectivity index (χ0n) is 22.9. The van der Waals surface area contributed by atoms with Gasteiger partial charge in [-0.3, -0.25) is 9.59 Å². The number of hydrogen-bond acceptors (Lipinski definition) is 10. The molecule has 0 atom stereocenters. The zero-order valence-corrected chi connectivity index (χ0v) is 22.9. The number of rotatable bonds is 11. The van der Waals surface area contributed by atoms with Gasteiger partial charge in [0.25, 0.3) is 5.91 Å². The van der Waals surface area contributed by atoms with Gasteiger partial charge in [-0.25, -0.2) is 9.82 Å². The van der Waals surface area contributed by atoms with Gasteiger partial charge in [0, 0.05) is 23.3 Å². The minimum atomic E-state index is -0.713. The Morgan fingerprint density at radius 1 is 0.902 bits per heavy atom. The van der Waals surface area contributed by atoms with Crippen LogP contribution in [0.15, 0.2) is 62.8 Å². The summed E-state index contributed by atoms with van der Waals surface area (Å²) in [5.74, 6) is -0.0749. The largest absolute Gasteiger partial charge is 0.496 e. The van der Waals surface area contributed by atoms with Crippen molar-refractivity contribution >= 4 is 23.1 Å². The molecular weight excluding hydrogens is 539 g/mol. The molecule has 0 aliphatic carbocycles. The molecule has 0 radical (unpaired) electrons. The van der Waals surface area contributed by atoms with Crippen LogP contribution in [-0.4, -0.2) is 54.3 Å². The van der Waals surface area contributed by atoms with Crippen molar-refractivity contribution in [3.63, 3.8) is 0 Å². The fourth-order valence-corrected chi connectivity index (χ4v) is 3.98. The third kappa shape index (κ3) is 6.01. The van der Waals surface area contributed by atoms with Crippen LogP contribution in [0.4, 0.5) is 4.39 Å². The molecule has 0 bridgehead atoms. The molecule has 11 nitrogen and oxygen atoms in total. The number of halogens is 1. The molecule has 0 saturated carbocycles. The van der Waals surface area contributed by atoms with E-state index in [0.29, 0.717) is 28.6 Å². The summed E-state index contributed by atoms with van der Waals surface area (Å²) in [6.45, 7) is -0.624. The molecule has 0 aliphatic heterocycles. The van der Waals surface area contributed by atoms with Gasteiger partial charge < -0.3 is 32.8 Å². The molecule has 1 N–H and O–H groups in total. The van der Waals surface area contributed by atoms with Gasteiger partial charge >= 0.3 is 0 Å². The van der Waals surface area contributed by atoms with Crippen molar-refractivity contribution in [1.82, 2.24) is 5.43 Å². The Morgan fingerprint density at radius 2 is 1.59 bits per heavy atom. The average Bonchev–Trinajstić information content (AvgIpc) is 2.99. The fourth-order valence-electron chi connectivity index (χ4n) is 3.98. The molecule has 4 aromatic rings. The number of methoxy groups -OCH3 is 5. The highest BCUT2D eigenvalue weighted by Crippen LogP contribution is 2.44. The minimum Gasteiger partial charge on any atom is -0.496 e. The first kappa shape index (κ1) is 28.7. The summed E-state index contributed by atoms with van der Waals surface area (Å²) in [6, 6.07) is 12.1. The summed E-state index contributed by atoms with van der Waals surface area (Å²) in [4.78, 5) is 26.3. The number of benzene rings is 3. The van der Waals surface area contributed by atoms with Crippen LogP contribution in [0.5, 0.6) is 34.5 Å². The molecule has 3 aromatic carbocycles. The van der Waals surface area contributed by atoms with E-state index in [2.05, 4.69) is 10.5 Å². The van der Waals surface area contributed by atoms with E-state index in [-0.39, 0.29) is 33.8 Å². The van der Waals surface area contributed by atoms with Crippen molar-refractivity contribution in [1.29, 1.82) is 0 Å². The van der Waals surface area contributed by atoms with Gasteiger partial charge in [0.1, 0.15) is 28.3 Å². The van der Waals surface area contributed by atoms with Gasteiger partial charge in [0.05, 0.1) is 41.8 Å². The van der Waals surface area contributed by atoms with Crippen LogP contribution in [0.25, 0.3) is 22.3 Å². The monoisotopic (exact) mass is 566 g/mol. The normalized spacial score (nSPS) is 10.9. The number of carbonyl (C=O) groups excluding carboxylic acids is 1. The summed E-state index contributed by atoms with van der Waals surface area (Å²) in [5, 5.41) is 3.82. The molecule has 1 aromatic heterocycles. The maximum atomic E-state index is 13.8. The van der Waals surface area contributed by atoms with Gasteiger partial charge in [-0.2, -0.15) is 5.10 Å². The molecular formula is C29H27FN2O9. The summed E-state index contributed by atoms with van der Waals surface area (Å²) in [7, 11) is 7.19. The van der Waals surface area contributed by atoms with Gasteiger partial charge in [0.15, 0.2) is 23.9 Å².